The average Bonchev–Trinajstić information content (AvgIpc) is 2.17. The van der Waals surface area contributed by atoms with E-state index in [0.717, 1.165) is 26.2 Å². The number of amides is 1. The van der Waals surface area contributed by atoms with Crippen molar-refractivity contribution in [3.8, 4) is 0 Å². The Kier molecular flexibility index (Phi) is 4.70. The molecule has 3 N–H and O–H groups in total. The first-order valence-corrected chi connectivity index (χ1v) is 5.72. The van der Waals surface area contributed by atoms with Gasteiger partial charge in [0.25, 0.3) is 0 Å². The van der Waals surface area contributed by atoms with Crippen LogP contribution in [-0.2, 0) is 9.53 Å². The van der Waals surface area contributed by atoms with Crippen LogP contribution in [0.1, 0.15) is 13.8 Å². The molecule has 0 bridgehead atoms. The van der Waals surface area contributed by atoms with Gasteiger partial charge in [0.1, 0.15) is 0 Å². The lowest BCUT2D eigenvalue weighted by atomic mass is 9.93. The van der Waals surface area contributed by atoms with Crippen LogP contribution in [0.3, 0.4) is 0 Å². The molecule has 1 unspecified atom stereocenters. The van der Waals surface area contributed by atoms with Crippen molar-refractivity contribution in [2.45, 2.75) is 20.0 Å². The lowest BCUT2D eigenvalue weighted by Gasteiger charge is -2.31. The van der Waals surface area contributed by atoms with E-state index in [9.17, 15) is 4.79 Å². The number of carbonyl (C=O) groups excluding carboxylic acids is 1. The molecule has 1 amide bonds. The standard InChI is InChI=1S/C11H23N3O2/c1-11(2,10(12)15)8-13-6-9-7-14(3)4-5-16-9/h9,13H,4-8H2,1-3H3,(H2,12,15). The molecule has 0 aromatic rings. The van der Waals surface area contributed by atoms with Crippen LogP contribution in [0.4, 0.5) is 0 Å². The summed E-state index contributed by atoms with van der Waals surface area (Å²) in [6.45, 7) is 7.74. The highest BCUT2D eigenvalue weighted by Crippen LogP contribution is 2.12. The van der Waals surface area contributed by atoms with Crippen molar-refractivity contribution in [1.29, 1.82) is 0 Å². The Balaban J connectivity index is 2.22. The van der Waals surface area contributed by atoms with Crippen LogP contribution in [-0.4, -0.2) is 56.7 Å². The number of nitrogens with two attached hydrogens (primary N) is 1. The topological polar surface area (TPSA) is 67.6 Å². The molecule has 1 fully saturated rings. The number of carbonyl (C=O) groups is 1. The minimum atomic E-state index is -0.499. The van der Waals surface area contributed by atoms with Crippen LogP contribution in [0.2, 0.25) is 0 Å². The highest BCUT2D eigenvalue weighted by atomic mass is 16.5. The van der Waals surface area contributed by atoms with E-state index in [1.165, 1.54) is 0 Å². The third-order valence-corrected chi connectivity index (χ3v) is 2.95. The number of nitrogens with zero attached hydrogens (tertiary/aromatic N) is 1. The Morgan fingerprint density at radius 2 is 2.31 bits per heavy atom. The monoisotopic (exact) mass is 229 g/mol. The van der Waals surface area contributed by atoms with Gasteiger partial charge in [0, 0.05) is 26.2 Å². The van der Waals surface area contributed by atoms with Crippen LogP contribution in [0.5, 0.6) is 0 Å². The van der Waals surface area contributed by atoms with E-state index in [1.54, 1.807) is 0 Å². The third kappa shape index (κ3) is 4.08. The minimum absolute atomic E-state index is 0.211. The summed E-state index contributed by atoms with van der Waals surface area (Å²) < 4.78 is 5.60. The van der Waals surface area contributed by atoms with Crippen molar-refractivity contribution in [3.63, 3.8) is 0 Å². The number of ether oxygens (including phenoxy) is 1. The van der Waals surface area contributed by atoms with Crippen LogP contribution in [0.25, 0.3) is 0 Å². The number of rotatable bonds is 5. The number of hydrogen-bond donors (Lipinski definition) is 2. The predicted octanol–water partition coefficient (Wildman–Crippen LogP) is -0.582. The molecule has 5 nitrogen and oxygen atoms in total. The van der Waals surface area contributed by atoms with Gasteiger partial charge >= 0.3 is 0 Å². The zero-order chi connectivity index (χ0) is 12.2. The maximum absolute atomic E-state index is 11.1. The highest BCUT2D eigenvalue weighted by molar-refractivity contribution is 5.80. The van der Waals surface area contributed by atoms with E-state index in [4.69, 9.17) is 10.5 Å². The Labute approximate surface area is 97.3 Å². The Morgan fingerprint density at radius 1 is 1.62 bits per heavy atom. The largest absolute Gasteiger partial charge is 0.374 e. The fourth-order valence-corrected chi connectivity index (χ4v) is 1.62. The number of primary amides is 1. The first kappa shape index (κ1) is 13.4. The summed E-state index contributed by atoms with van der Waals surface area (Å²) in [6, 6.07) is 0. The number of hydrogen-bond acceptors (Lipinski definition) is 4. The summed E-state index contributed by atoms with van der Waals surface area (Å²) in [5.74, 6) is -0.276. The van der Waals surface area contributed by atoms with E-state index >= 15 is 0 Å². The summed E-state index contributed by atoms with van der Waals surface area (Å²) >= 11 is 0. The Hall–Kier alpha value is -0.650. The summed E-state index contributed by atoms with van der Waals surface area (Å²) in [5, 5.41) is 3.24. The molecule has 16 heavy (non-hydrogen) atoms. The second-order valence-electron chi connectivity index (χ2n) is 5.13. The quantitative estimate of drug-likeness (QED) is 0.662. The molecule has 5 heteroatoms. The molecule has 0 saturated carbocycles. The first-order valence-electron chi connectivity index (χ1n) is 5.72. The molecule has 0 aromatic heterocycles. The highest BCUT2D eigenvalue weighted by Gasteiger charge is 2.25. The molecular formula is C11H23N3O2. The van der Waals surface area contributed by atoms with Gasteiger partial charge in [0.2, 0.25) is 5.91 Å². The van der Waals surface area contributed by atoms with Crippen molar-refractivity contribution in [3.05, 3.63) is 0 Å². The molecule has 1 rings (SSSR count). The summed E-state index contributed by atoms with van der Waals surface area (Å²) in [7, 11) is 2.09. The second kappa shape index (κ2) is 5.61. The molecule has 94 valence electrons. The van der Waals surface area contributed by atoms with Crippen molar-refractivity contribution < 1.29 is 9.53 Å². The number of nitrogens with one attached hydrogen (secondary N) is 1. The molecule has 0 radical (unpaired) electrons. The zero-order valence-electron chi connectivity index (χ0n) is 10.5. The van der Waals surface area contributed by atoms with Crippen molar-refractivity contribution in [2.24, 2.45) is 11.1 Å². The van der Waals surface area contributed by atoms with E-state index in [-0.39, 0.29) is 12.0 Å². The summed E-state index contributed by atoms with van der Waals surface area (Å²) in [5.41, 5.74) is 4.79. The van der Waals surface area contributed by atoms with E-state index < -0.39 is 5.41 Å². The Bertz CT molecular complexity index is 243. The van der Waals surface area contributed by atoms with Crippen LogP contribution >= 0.6 is 0 Å². The van der Waals surface area contributed by atoms with Gasteiger partial charge in [-0.2, -0.15) is 0 Å². The fourth-order valence-electron chi connectivity index (χ4n) is 1.62. The molecule has 1 saturated heterocycles. The summed E-state index contributed by atoms with van der Waals surface area (Å²) in [6.07, 6.45) is 0.211. The normalized spacial score (nSPS) is 23.3. The molecular weight excluding hydrogens is 206 g/mol. The third-order valence-electron chi connectivity index (χ3n) is 2.95. The SMILES string of the molecule is CN1CCOC(CNCC(C)(C)C(N)=O)C1. The van der Waals surface area contributed by atoms with E-state index in [1.807, 2.05) is 13.8 Å². The van der Waals surface area contributed by atoms with E-state index in [2.05, 4.69) is 17.3 Å². The van der Waals surface area contributed by atoms with Crippen LogP contribution in [0, 0.1) is 5.41 Å². The van der Waals surface area contributed by atoms with Gasteiger partial charge in [-0.05, 0) is 20.9 Å². The van der Waals surface area contributed by atoms with Crippen LogP contribution in [0.15, 0.2) is 0 Å². The lowest BCUT2D eigenvalue weighted by Crippen LogP contribution is -2.47. The average molecular weight is 229 g/mol. The predicted molar refractivity (Wildman–Crippen MR) is 63.1 cm³/mol. The molecule has 0 aliphatic carbocycles. The maximum atomic E-state index is 11.1. The van der Waals surface area contributed by atoms with Gasteiger partial charge in [-0.25, -0.2) is 0 Å². The lowest BCUT2D eigenvalue weighted by molar-refractivity contribution is -0.125. The zero-order valence-corrected chi connectivity index (χ0v) is 10.5. The molecule has 1 aliphatic rings. The maximum Gasteiger partial charge on any atom is 0.224 e. The first-order chi connectivity index (χ1) is 7.42. The van der Waals surface area contributed by atoms with Crippen LogP contribution < -0.4 is 11.1 Å². The summed E-state index contributed by atoms with van der Waals surface area (Å²) in [4.78, 5) is 13.3. The fraction of sp³-hybridized carbons (Fsp3) is 0.909. The van der Waals surface area contributed by atoms with Gasteiger partial charge < -0.3 is 20.7 Å². The minimum Gasteiger partial charge on any atom is -0.374 e. The van der Waals surface area contributed by atoms with Crippen molar-refractivity contribution in [1.82, 2.24) is 10.2 Å². The van der Waals surface area contributed by atoms with Crippen molar-refractivity contribution >= 4 is 5.91 Å². The molecule has 0 aromatic carbocycles. The van der Waals surface area contributed by atoms with E-state index in [0.29, 0.717) is 6.54 Å². The number of likely N-dealkylation sites (N-methyl/N-ethyl adjacent to an activating group) is 1. The molecule has 1 heterocycles. The smallest absolute Gasteiger partial charge is 0.224 e. The van der Waals surface area contributed by atoms with Gasteiger partial charge in [-0.3, -0.25) is 4.79 Å². The van der Waals surface area contributed by atoms with Crippen molar-refractivity contribution in [2.75, 3.05) is 39.8 Å². The van der Waals surface area contributed by atoms with Gasteiger partial charge in [-0.15, -0.1) is 0 Å². The molecule has 0 spiro atoms. The van der Waals surface area contributed by atoms with Gasteiger partial charge in [0.05, 0.1) is 18.1 Å². The van der Waals surface area contributed by atoms with Gasteiger partial charge in [-0.1, -0.05) is 0 Å². The second-order valence-corrected chi connectivity index (χ2v) is 5.13. The Morgan fingerprint density at radius 3 is 2.88 bits per heavy atom. The number of morpholine rings is 1. The molecule has 1 atom stereocenters. The molecule has 1 aliphatic heterocycles. The van der Waals surface area contributed by atoms with Gasteiger partial charge in [0.15, 0.2) is 0 Å².